The van der Waals surface area contributed by atoms with Crippen molar-refractivity contribution in [2.75, 3.05) is 13.2 Å². The molecule has 0 unspecified atom stereocenters. The van der Waals surface area contributed by atoms with E-state index in [1.54, 1.807) is 31.3 Å². The number of aliphatic hydroxyl groups is 1. The fraction of sp³-hybridized carbons (Fsp3) is 0.231. The highest BCUT2D eigenvalue weighted by molar-refractivity contribution is 5.94. The molecule has 0 bridgehead atoms. The second-order valence-corrected chi connectivity index (χ2v) is 9.29. The molecule has 5 N–H and O–H groups in total. The number of halogens is 1. The number of nitrogens with two attached hydrogens (primary N) is 1. The molecule has 0 spiro atoms. The van der Waals surface area contributed by atoms with Gasteiger partial charge < -0.3 is 25.9 Å². The van der Waals surface area contributed by atoms with Crippen LogP contribution in [-0.2, 0) is 15.8 Å². The first-order chi connectivity index (χ1) is 17.1. The number of carbonyl (C=O) groups is 2. The third-order valence-electron chi connectivity index (χ3n) is 6.52. The SMILES string of the molecule is C[C@](O)(CNC(=O)c1ccc2cc[nH]c2n1)c1cc2c(c(-c3ccc(F)cc3)n1)OC[C@]2(C)C(N)=O. The van der Waals surface area contributed by atoms with Gasteiger partial charge in [-0.3, -0.25) is 9.59 Å². The van der Waals surface area contributed by atoms with Crippen molar-refractivity contribution in [2.45, 2.75) is 24.9 Å². The summed E-state index contributed by atoms with van der Waals surface area (Å²) in [5.41, 5.74) is 5.17. The monoisotopic (exact) mass is 489 g/mol. The van der Waals surface area contributed by atoms with E-state index < -0.39 is 28.6 Å². The number of H-pyrrole nitrogens is 1. The molecular formula is C26H24FN5O4. The van der Waals surface area contributed by atoms with Gasteiger partial charge in [0.25, 0.3) is 5.91 Å². The first kappa shape index (κ1) is 23.4. The normalized spacial score (nSPS) is 18.3. The molecule has 10 heteroatoms. The number of hydrogen-bond donors (Lipinski definition) is 4. The molecule has 0 saturated carbocycles. The summed E-state index contributed by atoms with van der Waals surface area (Å²) in [6.45, 7) is 2.95. The van der Waals surface area contributed by atoms with Crippen molar-refractivity contribution in [3.05, 3.63) is 77.5 Å². The van der Waals surface area contributed by atoms with E-state index >= 15 is 0 Å². The maximum atomic E-state index is 13.6. The first-order valence-corrected chi connectivity index (χ1v) is 11.3. The fourth-order valence-corrected chi connectivity index (χ4v) is 4.16. The van der Waals surface area contributed by atoms with Crippen LogP contribution in [-0.4, -0.2) is 45.0 Å². The molecule has 0 fully saturated rings. The first-order valence-electron chi connectivity index (χ1n) is 11.3. The van der Waals surface area contributed by atoms with E-state index in [0.717, 1.165) is 5.39 Å². The molecule has 1 aromatic carbocycles. The van der Waals surface area contributed by atoms with Gasteiger partial charge in [0, 0.05) is 22.7 Å². The Morgan fingerprint density at radius 3 is 2.69 bits per heavy atom. The third-order valence-corrected chi connectivity index (χ3v) is 6.52. The predicted molar refractivity (Wildman–Crippen MR) is 130 cm³/mol. The molecule has 4 heterocycles. The largest absolute Gasteiger partial charge is 0.489 e. The van der Waals surface area contributed by atoms with Gasteiger partial charge in [-0.2, -0.15) is 0 Å². The molecule has 0 aliphatic carbocycles. The maximum absolute atomic E-state index is 13.6. The second-order valence-electron chi connectivity index (χ2n) is 9.29. The van der Waals surface area contributed by atoms with E-state index in [1.807, 2.05) is 6.07 Å². The minimum Gasteiger partial charge on any atom is -0.489 e. The van der Waals surface area contributed by atoms with Gasteiger partial charge in [0.1, 0.15) is 46.2 Å². The zero-order valence-corrected chi connectivity index (χ0v) is 19.6. The van der Waals surface area contributed by atoms with Crippen molar-refractivity contribution in [3.8, 4) is 17.0 Å². The Balaban J connectivity index is 1.50. The zero-order chi connectivity index (χ0) is 25.7. The average Bonchev–Trinajstić information content (AvgIpc) is 3.47. The van der Waals surface area contributed by atoms with Crippen LogP contribution in [0.5, 0.6) is 5.75 Å². The van der Waals surface area contributed by atoms with E-state index in [0.29, 0.717) is 28.2 Å². The number of pyridine rings is 2. The lowest BCUT2D eigenvalue weighted by atomic mass is 9.82. The number of aromatic amines is 1. The number of nitrogens with one attached hydrogen (secondary N) is 2. The summed E-state index contributed by atoms with van der Waals surface area (Å²) in [6, 6.07) is 12.4. The summed E-state index contributed by atoms with van der Waals surface area (Å²) in [5, 5.41) is 14.9. The van der Waals surface area contributed by atoms with Crippen LogP contribution in [0, 0.1) is 5.82 Å². The predicted octanol–water partition coefficient (Wildman–Crippen LogP) is 2.54. The number of aromatic nitrogens is 3. The minimum atomic E-state index is -1.64. The minimum absolute atomic E-state index is 0.00274. The van der Waals surface area contributed by atoms with E-state index in [-0.39, 0.29) is 24.5 Å². The highest BCUT2D eigenvalue weighted by Crippen LogP contribution is 2.45. The van der Waals surface area contributed by atoms with E-state index in [4.69, 9.17) is 10.5 Å². The van der Waals surface area contributed by atoms with Crippen LogP contribution in [0.2, 0.25) is 0 Å². The molecule has 0 saturated heterocycles. The Labute approximate surface area is 205 Å². The Bertz CT molecular complexity index is 1500. The number of fused-ring (bicyclic) bond motifs is 2. The number of ether oxygens (including phenoxy) is 1. The molecule has 2 atom stereocenters. The lowest BCUT2D eigenvalue weighted by Crippen LogP contribution is -2.41. The Kier molecular flexibility index (Phi) is 5.48. The fourth-order valence-electron chi connectivity index (χ4n) is 4.16. The van der Waals surface area contributed by atoms with Gasteiger partial charge in [0.2, 0.25) is 5.91 Å². The summed E-state index contributed by atoms with van der Waals surface area (Å²) in [5.74, 6) is -1.15. The molecule has 184 valence electrons. The zero-order valence-electron chi connectivity index (χ0n) is 19.6. The highest BCUT2D eigenvalue weighted by Gasteiger charge is 2.45. The number of hydrogen-bond acceptors (Lipinski definition) is 6. The van der Waals surface area contributed by atoms with Crippen molar-refractivity contribution in [1.29, 1.82) is 0 Å². The summed E-state index contributed by atoms with van der Waals surface area (Å²) in [6.07, 6.45) is 1.73. The van der Waals surface area contributed by atoms with Crippen LogP contribution in [0.25, 0.3) is 22.3 Å². The highest BCUT2D eigenvalue weighted by atomic mass is 19.1. The van der Waals surface area contributed by atoms with Gasteiger partial charge in [-0.25, -0.2) is 14.4 Å². The van der Waals surface area contributed by atoms with Gasteiger partial charge in [0.15, 0.2) is 0 Å². The van der Waals surface area contributed by atoms with E-state index in [1.165, 1.54) is 31.2 Å². The molecule has 2 amide bonds. The quantitative estimate of drug-likeness (QED) is 0.328. The van der Waals surface area contributed by atoms with Crippen LogP contribution in [0.3, 0.4) is 0 Å². The number of amides is 2. The van der Waals surface area contributed by atoms with Gasteiger partial charge in [0.05, 0.1) is 12.2 Å². The summed E-state index contributed by atoms with van der Waals surface area (Å²) < 4.78 is 19.4. The van der Waals surface area contributed by atoms with E-state index in [9.17, 15) is 19.1 Å². The average molecular weight is 490 g/mol. The molecular weight excluding hydrogens is 465 g/mol. The Morgan fingerprint density at radius 1 is 1.22 bits per heavy atom. The third kappa shape index (κ3) is 3.95. The summed E-state index contributed by atoms with van der Waals surface area (Å²) in [4.78, 5) is 36.9. The summed E-state index contributed by atoms with van der Waals surface area (Å²) >= 11 is 0. The smallest absolute Gasteiger partial charge is 0.270 e. The van der Waals surface area contributed by atoms with Gasteiger partial charge in [-0.15, -0.1) is 0 Å². The van der Waals surface area contributed by atoms with Crippen LogP contribution in [0.15, 0.2) is 54.7 Å². The number of benzene rings is 1. The molecule has 9 nitrogen and oxygen atoms in total. The molecule has 1 aliphatic rings. The molecule has 1 aliphatic heterocycles. The Morgan fingerprint density at radius 2 is 1.97 bits per heavy atom. The number of nitrogens with zero attached hydrogens (tertiary/aromatic N) is 2. The molecule has 36 heavy (non-hydrogen) atoms. The molecule has 3 aromatic heterocycles. The number of rotatable bonds is 6. The van der Waals surface area contributed by atoms with Gasteiger partial charge in [-0.05, 0) is 62.4 Å². The van der Waals surface area contributed by atoms with Crippen molar-refractivity contribution < 1.29 is 23.8 Å². The van der Waals surface area contributed by atoms with Crippen LogP contribution >= 0.6 is 0 Å². The Hall–Kier alpha value is -4.31. The second kappa shape index (κ2) is 8.42. The van der Waals surface area contributed by atoms with Crippen LogP contribution in [0.4, 0.5) is 4.39 Å². The molecule has 5 rings (SSSR count). The topological polar surface area (TPSA) is 143 Å². The van der Waals surface area contributed by atoms with Crippen molar-refractivity contribution in [1.82, 2.24) is 20.3 Å². The van der Waals surface area contributed by atoms with Crippen LogP contribution < -0.4 is 15.8 Å². The number of carbonyl (C=O) groups excluding carboxylic acids is 2. The lowest BCUT2D eigenvalue weighted by molar-refractivity contribution is -0.123. The maximum Gasteiger partial charge on any atom is 0.270 e. The van der Waals surface area contributed by atoms with Gasteiger partial charge >= 0.3 is 0 Å². The number of primary amides is 1. The molecule has 0 radical (unpaired) electrons. The molecule has 4 aromatic rings. The van der Waals surface area contributed by atoms with Crippen molar-refractivity contribution >= 4 is 22.8 Å². The summed E-state index contributed by atoms with van der Waals surface area (Å²) in [7, 11) is 0. The standard InChI is InChI=1S/C26H24FN5O4/c1-25(24(28)34)13-36-21-17(25)11-19(32-20(21)14-3-6-16(27)7-4-14)26(2,35)12-30-23(33)18-8-5-15-9-10-29-22(15)31-18/h3-11,35H,12-13H2,1-2H3,(H2,28,34)(H,29,31)(H,30,33)/t25-,26-/m0/s1. The van der Waals surface area contributed by atoms with Crippen molar-refractivity contribution in [2.24, 2.45) is 5.73 Å². The van der Waals surface area contributed by atoms with E-state index in [2.05, 4.69) is 20.3 Å². The van der Waals surface area contributed by atoms with Crippen molar-refractivity contribution in [3.63, 3.8) is 0 Å². The van der Waals surface area contributed by atoms with Gasteiger partial charge in [-0.1, -0.05) is 0 Å². The van der Waals surface area contributed by atoms with Crippen LogP contribution in [0.1, 0.15) is 35.6 Å². The lowest BCUT2D eigenvalue weighted by Gasteiger charge is -2.26.